The summed E-state index contributed by atoms with van der Waals surface area (Å²) in [5, 5.41) is 0. The molecular formula is C8H13NS. The van der Waals surface area contributed by atoms with Crippen molar-refractivity contribution in [3.8, 4) is 0 Å². The molecule has 0 fully saturated rings. The molecule has 1 atom stereocenters. The van der Waals surface area contributed by atoms with Crippen LogP contribution in [0, 0.1) is 13.8 Å². The number of thiophene rings is 1. The SMILES string of the molecule is Cc1cc([C@H](C)N)c(C)s1. The lowest BCUT2D eigenvalue weighted by molar-refractivity contribution is 0.816. The molecule has 1 aromatic heterocycles. The Balaban J connectivity index is 3.03. The molecule has 0 bridgehead atoms. The van der Waals surface area contributed by atoms with E-state index >= 15 is 0 Å². The molecule has 1 aromatic rings. The van der Waals surface area contributed by atoms with Gasteiger partial charge in [0.2, 0.25) is 0 Å². The van der Waals surface area contributed by atoms with E-state index < -0.39 is 0 Å². The van der Waals surface area contributed by atoms with Crippen molar-refractivity contribution >= 4 is 11.3 Å². The Hall–Kier alpha value is -0.340. The first-order valence-corrected chi connectivity index (χ1v) is 4.25. The molecule has 0 aromatic carbocycles. The van der Waals surface area contributed by atoms with E-state index in [-0.39, 0.29) is 6.04 Å². The van der Waals surface area contributed by atoms with E-state index in [1.165, 1.54) is 15.3 Å². The van der Waals surface area contributed by atoms with Crippen LogP contribution in [0.3, 0.4) is 0 Å². The van der Waals surface area contributed by atoms with Crippen LogP contribution in [0.5, 0.6) is 0 Å². The first-order chi connectivity index (χ1) is 4.61. The second kappa shape index (κ2) is 2.72. The van der Waals surface area contributed by atoms with Crippen LogP contribution in [-0.2, 0) is 0 Å². The van der Waals surface area contributed by atoms with Crippen molar-refractivity contribution in [1.82, 2.24) is 0 Å². The molecule has 0 spiro atoms. The van der Waals surface area contributed by atoms with Gasteiger partial charge in [-0.2, -0.15) is 0 Å². The zero-order valence-electron chi connectivity index (χ0n) is 6.64. The van der Waals surface area contributed by atoms with Gasteiger partial charge < -0.3 is 5.73 Å². The molecule has 0 radical (unpaired) electrons. The number of aryl methyl sites for hydroxylation is 2. The fourth-order valence-corrected chi connectivity index (χ4v) is 2.13. The Kier molecular flexibility index (Phi) is 2.11. The molecule has 0 aliphatic heterocycles. The van der Waals surface area contributed by atoms with Crippen LogP contribution in [-0.4, -0.2) is 0 Å². The Labute approximate surface area is 65.9 Å². The molecule has 1 rings (SSSR count). The first kappa shape index (κ1) is 7.76. The highest BCUT2D eigenvalue weighted by molar-refractivity contribution is 7.12. The van der Waals surface area contributed by atoms with Gasteiger partial charge in [-0.25, -0.2) is 0 Å². The van der Waals surface area contributed by atoms with Crippen LogP contribution >= 0.6 is 11.3 Å². The van der Waals surface area contributed by atoms with E-state index in [1.54, 1.807) is 0 Å². The number of hydrogen-bond donors (Lipinski definition) is 1. The van der Waals surface area contributed by atoms with Gasteiger partial charge in [0, 0.05) is 15.8 Å². The first-order valence-electron chi connectivity index (χ1n) is 3.43. The molecule has 2 heteroatoms. The van der Waals surface area contributed by atoms with Gasteiger partial charge in [-0.05, 0) is 32.4 Å². The normalized spacial score (nSPS) is 13.6. The van der Waals surface area contributed by atoms with Crippen LogP contribution in [0.2, 0.25) is 0 Å². The monoisotopic (exact) mass is 155 g/mol. The van der Waals surface area contributed by atoms with Gasteiger partial charge >= 0.3 is 0 Å². The maximum Gasteiger partial charge on any atom is 0.0277 e. The lowest BCUT2D eigenvalue weighted by Crippen LogP contribution is -2.04. The van der Waals surface area contributed by atoms with Crippen molar-refractivity contribution in [2.24, 2.45) is 5.73 Å². The summed E-state index contributed by atoms with van der Waals surface area (Å²) < 4.78 is 0. The summed E-state index contributed by atoms with van der Waals surface area (Å²) in [6, 6.07) is 2.36. The number of nitrogens with two attached hydrogens (primary N) is 1. The van der Waals surface area contributed by atoms with Gasteiger partial charge in [0.25, 0.3) is 0 Å². The third-order valence-electron chi connectivity index (χ3n) is 1.57. The highest BCUT2D eigenvalue weighted by atomic mass is 32.1. The third kappa shape index (κ3) is 1.39. The molecule has 0 unspecified atom stereocenters. The number of rotatable bonds is 1. The van der Waals surface area contributed by atoms with Crippen molar-refractivity contribution < 1.29 is 0 Å². The van der Waals surface area contributed by atoms with Gasteiger partial charge in [-0.3, -0.25) is 0 Å². The summed E-state index contributed by atoms with van der Waals surface area (Å²) in [7, 11) is 0. The maximum absolute atomic E-state index is 5.73. The summed E-state index contributed by atoms with van der Waals surface area (Å²) in [4.78, 5) is 2.71. The highest BCUT2D eigenvalue weighted by Gasteiger charge is 2.05. The summed E-state index contributed by atoms with van der Waals surface area (Å²) >= 11 is 1.82. The molecule has 0 amide bonds. The van der Waals surface area contributed by atoms with Crippen molar-refractivity contribution in [3.05, 3.63) is 21.4 Å². The van der Waals surface area contributed by atoms with Gasteiger partial charge in [0.1, 0.15) is 0 Å². The fourth-order valence-electron chi connectivity index (χ4n) is 1.10. The van der Waals surface area contributed by atoms with E-state index in [2.05, 4.69) is 19.9 Å². The van der Waals surface area contributed by atoms with E-state index in [1.807, 2.05) is 18.3 Å². The number of hydrogen-bond acceptors (Lipinski definition) is 2. The smallest absolute Gasteiger partial charge is 0.0277 e. The van der Waals surface area contributed by atoms with Crippen molar-refractivity contribution in [3.63, 3.8) is 0 Å². The van der Waals surface area contributed by atoms with E-state index in [0.717, 1.165) is 0 Å². The standard InChI is InChI=1S/C8H13NS/c1-5-4-8(6(2)9)7(3)10-5/h4,6H,9H2,1-3H3/t6-/m0/s1. The van der Waals surface area contributed by atoms with Gasteiger partial charge in [0.15, 0.2) is 0 Å². The summed E-state index contributed by atoms with van der Waals surface area (Å²) in [5.41, 5.74) is 7.03. The topological polar surface area (TPSA) is 26.0 Å². The molecule has 0 aliphatic carbocycles. The van der Waals surface area contributed by atoms with E-state index in [0.29, 0.717) is 0 Å². The van der Waals surface area contributed by atoms with Gasteiger partial charge in [0.05, 0.1) is 0 Å². The lowest BCUT2D eigenvalue weighted by Gasteiger charge is -2.01. The molecule has 56 valence electrons. The molecule has 1 nitrogen and oxygen atoms in total. The molecule has 1 heterocycles. The summed E-state index contributed by atoms with van der Waals surface area (Å²) in [5.74, 6) is 0. The Bertz CT molecular complexity index is 225. The maximum atomic E-state index is 5.73. The zero-order chi connectivity index (χ0) is 7.72. The van der Waals surface area contributed by atoms with Crippen molar-refractivity contribution in [2.45, 2.75) is 26.8 Å². The minimum atomic E-state index is 0.185. The predicted octanol–water partition coefficient (Wildman–Crippen LogP) is 2.38. The zero-order valence-corrected chi connectivity index (χ0v) is 7.46. The molecule has 10 heavy (non-hydrogen) atoms. The Morgan fingerprint density at radius 2 is 2.10 bits per heavy atom. The molecular weight excluding hydrogens is 142 g/mol. The third-order valence-corrected chi connectivity index (χ3v) is 2.55. The lowest BCUT2D eigenvalue weighted by atomic mass is 10.1. The van der Waals surface area contributed by atoms with E-state index in [4.69, 9.17) is 5.73 Å². The largest absolute Gasteiger partial charge is 0.324 e. The average Bonchev–Trinajstić information content (AvgIpc) is 2.10. The average molecular weight is 155 g/mol. The Morgan fingerprint density at radius 1 is 1.50 bits per heavy atom. The summed E-state index contributed by atoms with van der Waals surface area (Å²) in [6.07, 6.45) is 0. The van der Waals surface area contributed by atoms with Crippen LogP contribution in [0.15, 0.2) is 6.07 Å². The van der Waals surface area contributed by atoms with Crippen molar-refractivity contribution in [1.29, 1.82) is 0 Å². The van der Waals surface area contributed by atoms with Crippen LogP contribution in [0.4, 0.5) is 0 Å². The van der Waals surface area contributed by atoms with Crippen LogP contribution < -0.4 is 5.73 Å². The Morgan fingerprint density at radius 3 is 2.30 bits per heavy atom. The summed E-state index contributed by atoms with van der Waals surface area (Å²) in [6.45, 7) is 6.26. The highest BCUT2D eigenvalue weighted by Crippen LogP contribution is 2.24. The predicted molar refractivity (Wildman–Crippen MR) is 46.4 cm³/mol. The molecule has 2 N–H and O–H groups in total. The second-order valence-electron chi connectivity index (χ2n) is 2.66. The minimum absolute atomic E-state index is 0.185. The van der Waals surface area contributed by atoms with Crippen LogP contribution in [0.25, 0.3) is 0 Å². The molecule has 0 saturated heterocycles. The van der Waals surface area contributed by atoms with Crippen LogP contribution in [0.1, 0.15) is 28.3 Å². The fraction of sp³-hybridized carbons (Fsp3) is 0.500. The van der Waals surface area contributed by atoms with Gasteiger partial charge in [-0.1, -0.05) is 0 Å². The van der Waals surface area contributed by atoms with Crippen molar-refractivity contribution in [2.75, 3.05) is 0 Å². The second-order valence-corrected chi connectivity index (χ2v) is 4.12. The molecule has 0 saturated carbocycles. The molecule has 0 aliphatic rings. The quantitative estimate of drug-likeness (QED) is 0.662. The minimum Gasteiger partial charge on any atom is -0.324 e. The van der Waals surface area contributed by atoms with E-state index in [9.17, 15) is 0 Å². The van der Waals surface area contributed by atoms with Gasteiger partial charge in [-0.15, -0.1) is 11.3 Å².